The van der Waals surface area contributed by atoms with Gasteiger partial charge < -0.3 is 20.6 Å². The molecule has 1 atom stereocenters. The number of aliphatic hydroxyl groups is 1. The molecule has 0 aromatic heterocycles. The van der Waals surface area contributed by atoms with Crippen LogP contribution in [0.1, 0.15) is 12.8 Å². The summed E-state index contributed by atoms with van der Waals surface area (Å²) >= 11 is 0. The second-order valence-electron chi connectivity index (χ2n) is 4.86. The fraction of sp³-hybridized carbons (Fsp3) is 0.429. The van der Waals surface area contributed by atoms with E-state index < -0.39 is 5.82 Å². The molecule has 1 heterocycles. The monoisotopic (exact) mass is 295 g/mol. The van der Waals surface area contributed by atoms with Crippen LogP contribution in [-0.4, -0.2) is 42.8 Å². The van der Waals surface area contributed by atoms with Gasteiger partial charge in [0.1, 0.15) is 5.82 Å². The molecule has 1 aliphatic heterocycles. The highest BCUT2D eigenvalue weighted by atomic mass is 19.1. The molecular weight excluding hydrogens is 277 g/mol. The van der Waals surface area contributed by atoms with E-state index >= 15 is 0 Å². The molecule has 6 nitrogen and oxygen atoms in total. The van der Waals surface area contributed by atoms with Gasteiger partial charge in [0, 0.05) is 31.8 Å². The molecule has 0 bridgehead atoms. The summed E-state index contributed by atoms with van der Waals surface area (Å²) in [7, 11) is 0. The summed E-state index contributed by atoms with van der Waals surface area (Å²) < 4.78 is 13.2. The van der Waals surface area contributed by atoms with E-state index in [2.05, 4.69) is 10.6 Å². The average molecular weight is 295 g/mol. The van der Waals surface area contributed by atoms with Crippen molar-refractivity contribution in [1.82, 2.24) is 10.6 Å². The lowest BCUT2D eigenvalue weighted by atomic mass is 10.2. The first-order valence-corrected chi connectivity index (χ1v) is 6.81. The zero-order valence-corrected chi connectivity index (χ0v) is 11.5. The van der Waals surface area contributed by atoms with Gasteiger partial charge in [0.2, 0.25) is 5.91 Å². The summed E-state index contributed by atoms with van der Waals surface area (Å²) in [5.41, 5.74) is 0.491. The molecule has 3 amide bonds. The molecule has 0 radical (unpaired) electrons. The van der Waals surface area contributed by atoms with Crippen molar-refractivity contribution in [1.29, 1.82) is 0 Å². The first-order chi connectivity index (χ1) is 10.1. The van der Waals surface area contributed by atoms with Crippen molar-refractivity contribution in [3.8, 4) is 0 Å². The molecular formula is C14H18FN3O3. The number of nitrogens with zero attached hydrogens (tertiary/aromatic N) is 1. The molecule has 0 saturated carbocycles. The van der Waals surface area contributed by atoms with E-state index in [0.29, 0.717) is 25.2 Å². The maximum atomic E-state index is 13.2. The van der Waals surface area contributed by atoms with Crippen LogP contribution in [0.25, 0.3) is 0 Å². The van der Waals surface area contributed by atoms with Crippen molar-refractivity contribution in [2.24, 2.45) is 0 Å². The van der Waals surface area contributed by atoms with Crippen LogP contribution >= 0.6 is 0 Å². The van der Waals surface area contributed by atoms with Crippen molar-refractivity contribution >= 4 is 17.6 Å². The quantitative estimate of drug-likeness (QED) is 0.696. The molecule has 114 valence electrons. The van der Waals surface area contributed by atoms with Gasteiger partial charge in [0.25, 0.3) is 0 Å². The molecule has 1 fully saturated rings. The molecule has 1 aromatic carbocycles. The van der Waals surface area contributed by atoms with Gasteiger partial charge in [-0.15, -0.1) is 0 Å². The predicted molar refractivity (Wildman–Crippen MR) is 75.4 cm³/mol. The SMILES string of the molecule is O=C(NCCCO)N[C@H]1CC(=O)N(c2cccc(F)c2)C1. The first-order valence-electron chi connectivity index (χ1n) is 6.81. The lowest BCUT2D eigenvalue weighted by Gasteiger charge is -2.17. The maximum Gasteiger partial charge on any atom is 0.315 e. The van der Waals surface area contributed by atoms with Gasteiger partial charge in [0.15, 0.2) is 0 Å². The maximum absolute atomic E-state index is 13.2. The van der Waals surface area contributed by atoms with Gasteiger partial charge in [0.05, 0.1) is 6.04 Å². The molecule has 1 saturated heterocycles. The zero-order chi connectivity index (χ0) is 15.2. The summed E-state index contributed by atoms with van der Waals surface area (Å²) in [5, 5.41) is 13.9. The van der Waals surface area contributed by atoms with Crippen LogP contribution < -0.4 is 15.5 Å². The predicted octanol–water partition coefficient (Wildman–Crippen LogP) is 0.613. The number of anilines is 1. The number of halogens is 1. The van der Waals surface area contributed by atoms with Crippen molar-refractivity contribution in [3.05, 3.63) is 30.1 Å². The fourth-order valence-corrected chi connectivity index (χ4v) is 2.22. The largest absolute Gasteiger partial charge is 0.396 e. The fourth-order valence-electron chi connectivity index (χ4n) is 2.22. The number of carbonyl (C=O) groups excluding carboxylic acids is 2. The Labute approximate surface area is 121 Å². The number of amides is 3. The van der Waals surface area contributed by atoms with Crippen molar-refractivity contribution in [2.45, 2.75) is 18.9 Å². The lowest BCUT2D eigenvalue weighted by Crippen LogP contribution is -2.43. The number of hydrogen-bond donors (Lipinski definition) is 3. The molecule has 0 unspecified atom stereocenters. The van der Waals surface area contributed by atoms with Gasteiger partial charge in [-0.2, -0.15) is 0 Å². The highest BCUT2D eigenvalue weighted by Gasteiger charge is 2.31. The molecule has 0 spiro atoms. The molecule has 2 rings (SSSR count). The van der Waals surface area contributed by atoms with Gasteiger partial charge in [-0.05, 0) is 24.6 Å². The number of hydrogen-bond acceptors (Lipinski definition) is 3. The van der Waals surface area contributed by atoms with Gasteiger partial charge in [-0.1, -0.05) is 6.07 Å². The van der Waals surface area contributed by atoms with Crippen LogP contribution in [0, 0.1) is 5.82 Å². The molecule has 1 aliphatic rings. The Kier molecular flexibility index (Phi) is 5.10. The van der Waals surface area contributed by atoms with E-state index in [1.807, 2.05) is 0 Å². The van der Waals surface area contributed by atoms with Crippen LogP contribution in [0.3, 0.4) is 0 Å². The summed E-state index contributed by atoms with van der Waals surface area (Å²) in [6, 6.07) is 5.12. The Hall–Kier alpha value is -2.15. The highest BCUT2D eigenvalue weighted by molar-refractivity contribution is 5.96. The number of nitrogens with one attached hydrogen (secondary N) is 2. The Morgan fingerprint density at radius 2 is 2.29 bits per heavy atom. The van der Waals surface area contributed by atoms with Crippen LogP contribution in [0.15, 0.2) is 24.3 Å². The Bertz CT molecular complexity index is 524. The minimum absolute atomic E-state index is 0.00947. The Morgan fingerprint density at radius 1 is 1.48 bits per heavy atom. The number of benzene rings is 1. The normalized spacial score (nSPS) is 17.9. The second kappa shape index (κ2) is 7.03. The van der Waals surface area contributed by atoms with Gasteiger partial charge in [-0.3, -0.25) is 4.79 Å². The van der Waals surface area contributed by atoms with Crippen molar-refractivity contribution < 1.29 is 19.1 Å². The van der Waals surface area contributed by atoms with E-state index in [1.165, 1.54) is 17.0 Å². The standard InChI is InChI=1S/C14H18FN3O3/c15-10-3-1-4-12(7-10)18-9-11(8-13(18)20)17-14(21)16-5-2-6-19/h1,3-4,7,11,19H,2,5-6,8-9H2,(H2,16,17,21)/t11-/m0/s1. The van der Waals surface area contributed by atoms with Crippen LogP contribution in [0.5, 0.6) is 0 Å². The number of carbonyl (C=O) groups is 2. The number of rotatable bonds is 5. The number of aliphatic hydroxyl groups excluding tert-OH is 1. The van der Waals surface area contributed by atoms with Crippen molar-refractivity contribution in [2.75, 3.05) is 24.6 Å². The van der Waals surface area contributed by atoms with Crippen LogP contribution in [0.2, 0.25) is 0 Å². The minimum atomic E-state index is -0.404. The molecule has 0 aliphatic carbocycles. The first kappa shape index (κ1) is 15.2. The second-order valence-corrected chi connectivity index (χ2v) is 4.86. The summed E-state index contributed by atoms with van der Waals surface area (Å²) in [5.74, 6) is -0.556. The molecule has 21 heavy (non-hydrogen) atoms. The molecule has 7 heteroatoms. The summed E-state index contributed by atoms with van der Waals surface area (Å²) in [6.07, 6.45) is 0.663. The van der Waals surface area contributed by atoms with E-state index in [1.54, 1.807) is 12.1 Å². The van der Waals surface area contributed by atoms with E-state index in [9.17, 15) is 14.0 Å². The highest BCUT2D eigenvalue weighted by Crippen LogP contribution is 2.22. The van der Waals surface area contributed by atoms with Gasteiger partial charge >= 0.3 is 6.03 Å². The summed E-state index contributed by atoms with van der Waals surface area (Å²) in [6.45, 7) is 0.696. The summed E-state index contributed by atoms with van der Waals surface area (Å²) in [4.78, 5) is 25.0. The molecule has 3 N–H and O–H groups in total. The van der Waals surface area contributed by atoms with Crippen LogP contribution in [-0.2, 0) is 4.79 Å². The van der Waals surface area contributed by atoms with Gasteiger partial charge in [-0.25, -0.2) is 9.18 Å². The van der Waals surface area contributed by atoms with E-state index in [0.717, 1.165) is 0 Å². The third-order valence-electron chi connectivity index (χ3n) is 3.20. The Morgan fingerprint density at radius 3 is 3.00 bits per heavy atom. The van der Waals surface area contributed by atoms with Crippen LogP contribution in [0.4, 0.5) is 14.9 Å². The third-order valence-corrected chi connectivity index (χ3v) is 3.20. The minimum Gasteiger partial charge on any atom is -0.396 e. The molecule has 1 aromatic rings. The third kappa shape index (κ3) is 4.16. The van der Waals surface area contributed by atoms with E-state index in [-0.39, 0.29) is 31.0 Å². The lowest BCUT2D eigenvalue weighted by molar-refractivity contribution is -0.117. The topological polar surface area (TPSA) is 81.7 Å². The zero-order valence-electron chi connectivity index (χ0n) is 11.5. The Balaban J connectivity index is 1.89. The van der Waals surface area contributed by atoms with E-state index in [4.69, 9.17) is 5.11 Å². The smallest absolute Gasteiger partial charge is 0.315 e. The van der Waals surface area contributed by atoms with Crippen molar-refractivity contribution in [3.63, 3.8) is 0 Å². The number of urea groups is 1. The average Bonchev–Trinajstić information content (AvgIpc) is 2.80.